The lowest BCUT2D eigenvalue weighted by Crippen LogP contribution is -2.22. The van der Waals surface area contributed by atoms with E-state index in [2.05, 4.69) is 10.3 Å². The van der Waals surface area contributed by atoms with E-state index < -0.39 is 12.2 Å². The Morgan fingerprint density at radius 3 is 2.69 bits per heavy atom. The molecule has 2 unspecified atom stereocenters. The van der Waals surface area contributed by atoms with Gasteiger partial charge in [0.1, 0.15) is 6.10 Å². The average Bonchev–Trinajstić information content (AvgIpc) is 2.87. The molecule has 0 aromatic carbocycles. The van der Waals surface area contributed by atoms with Crippen LogP contribution in [0.25, 0.3) is 0 Å². The summed E-state index contributed by atoms with van der Waals surface area (Å²) in [5.41, 5.74) is 0.569. The maximum atomic E-state index is 9.72. The van der Waals surface area contributed by atoms with Gasteiger partial charge in [-0.3, -0.25) is 0 Å². The summed E-state index contributed by atoms with van der Waals surface area (Å²) in [6.07, 6.45) is 1.97. The lowest BCUT2D eigenvalue weighted by atomic mass is 10.1. The van der Waals surface area contributed by atoms with E-state index in [1.165, 1.54) is 10.9 Å². The molecule has 2 rings (SSSR count). The Balaban J connectivity index is 2.11. The van der Waals surface area contributed by atoms with Crippen LogP contribution in [0, 0.1) is 5.92 Å². The van der Waals surface area contributed by atoms with E-state index >= 15 is 0 Å². The Morgan fingerprint density at radius 2 is 2.23 bits per heavy atom. The molecule has 0 saturated heterocycles. The lowest BCUT2D eigenvalue weighted by molar-refractivity contribution is 0.000350. The van der Waals surface area contributed by atoms with Gasteiger partial charge >= 0.3 is 0 Å². The van der Waals surface area contributed by atoms with Gasteiger partial charge in [-0.1, -0.05) is 5.21 Å². The molecule has 1 aliphatic rings. The van der Waals surface area contributed by atoms with Crippen molar-refractivity contribution in [1.29, 1.82) is 0 Å². The first-order valence-electron chi connectivity index (χ1n) is 4.41. The molecule has 5 nitrogen and oxygen atoms in total. The minimum absolute atomic E-state index is 0.255. The Labute approximate surface area is 76.0 Å². The summed E-state index contributed by atoms with van der Waals surface area (Å²) in [6.45, 7) is 0. The zero-order valence-corrected chi connectivity index (χ0v) is 7.46. The minimum atomic E-state index is -0.854. The monoisotopic (exact) mass is 183 g/mol. The third-order valence-electron chi connectivity index (χ3n) is 2.48. The van der Waals surface area contributed by atoms with Crippen LogP contribution in [0.1, 0.15) is 24.6 Å². The molecule has 0 aliphatic heterocycles. The van der Waals surface area contributed by atoms with Crippen molar-refractivity contribution in [3.63, 3.8) is 0 Å². The van der Waals surface area contributed by atoms with Gasteiger partial charge in [0.2, 0.25) is 0 Å². The van der Waals surface area contributed by atoms with Gasteiger partial charge in [-0.05, 0) is 18.8 Å². The maximum absolute atomic E-state index is 9.72. The molecule has 1 saturated carbocycles. The second-order valence-corrected chi connectivity index (χ2v) is 3.56. The number of hydrogen-bond donors (Lipinski definition) is 2. The molecule has 1 fully saturated rings. The molecular weight excluding hydrogens is 170 g/mol. The normalized spacial score (nSPS) is 21.5. The van der Waals surface area contributed by atoms with Crippen LogP contribution in [0.5, 0.6) is 0 Å². The molecule has 2 N–H and O–H groups in total. The first-order chi connectivity index (χ1) is 6.20. The first kappa shape index (κ1) is 8.65. The second kappa shape index (κ2) is 3.08. The van der Waals surface area contributed by atoms with Crippen molar-refractivity contribution in [3.05, 3.63) is 11.9 Å². The molecule has 13 heavy (non-hydrogen) atoms. The summed E-state index contributed by atoms with van der Waals surface area (Å²) < 4.78 is 1.48. The van der Waals surface area contributed by atoms with Crippen molar-refractivity contribution in [1.82, 2.24) is 15.0 Å². The van der Waals surface area contributed by atoms with E-state index in [1.54, 1.807) is 7.05 Å². The van der Waals surface area contributed by atoms with Gasteiger partial charge in [0.25, 0.3) is 0 Å². The number of nitrogens with zero attached hydrogens (tertiary/aromatic N) is 3. The summed E-state index contributed by atoms with van der Waals surface area (Å²) >= 11 is 0. The molecule has 1 aromatic rings. The lowest BCUT2D eigenvalue weighted by Gasteiger charge is -2.16. The third kappa shape index (κ3) is 1.57. The second-order valence-electron chi connectivity index (χ2n) is 3.56. The van der Waals surface area contributed by atoms with Crippen LogP contribution in [-0.2, 0) is 7.05 Å². The molecule has 1 aliphatic carbocycles. The molecule has 0 bridgehead atoms. The number of aliphatic hydroxyl groups excluding tert-OH is 2. The third-order valence-corrected chi connectivity index (χ3v) is 2.48. The van der Waals surface area contributed by atoms with Gasteiger partial charge in [-0.25, -0.2) is 4.68 Å². The SMILES string of the molecule is Cn1nncc1C(O)C(O)C1CC1. The van der Waals surface area contributed by atoms with Crippen molar-refractivity contribution < 1.29 is 10.2 Å². The molecular formula is C8H13N3O2. The fourth-order valence-corrected chi connectivity index (χ4v) is 1.44. The number of rotatable bonds is 3. The summed E-state index contributed by atoms with van der Waals surface area (Å²) in [5, 5.41) is 26.7. The van der Waals surface area contributed by atoms with Gasteiger partial charge in [0.05, 0.1) is 18.0 Å². The molecule has 0 radical (unpaired) electrons. The predicted octanol–water partition coefficient (Wildman–Crippen LogP) is -0.381. The van der Waals surface area contributed by atoms with Gasteiger partial charge < -0.3 is 10.2 Å². The quantitative estimate of drug-likeness (QED) is 0.670. The van der Waals surface area contributed by atoms with Crippen LogP contribution in [0.15, 0.2) is 6.20 Å². The molecule has 72 valence electrons. The molecule has 2 atom stereocenters. The highest BCUT2D eigenvalue weighted by Gasteiger charge is 2.36. The minimum Gasteiger partial charge on any atom is -0.390 e. The van der Waals surface area contributed by atoms with Crippen molar-refractivity contribution >= 4 is 0 Å². The van der Waals surface area contributed by atoms with Crippen LogP contribution < -0.4 is 0 Å². The molecule has 0 spiro atoms. The fourth-order valence-electron chi connectivity index (χ4n) is 1.44. The van der Waals surface area contributed by atoms with Gasteiger partial charge in [0, 0.05) is 7.05 Å². The smallest absolute Gasteiger partial charge is 0.123 e. The van der Waals surface area contributed by atoms with E-state index in [0.717, 1.165) is 12.8 Å². The van der Waals surface area contributed by atoms with Gasteiger partial charge in [0.15, 0.2) is 0 Å². The van der Waals surface area contributed by atoms with Crippen molar-refractivity contribution in [2.24, 2.45) is 13.0 Å². The summed E-state index contributed by atoms with van der Waals surface area (Å²) in [6, 6.07) is 0. The van der Waals surface area contributed by atoms with Crippen LogP contribution >= 0.6 is 0 Å². The standard InChI is InChI=1S/C8H13N3O2/c1-11-6(4-9-10-11)8(13)7(12)5-2-3-5/h4-5,7-8,12-13H,2-3H2,1H3. The highest BCUT2D eigenvalue weighted by atomic mass is 16.3. The number of aryl methyl sites for hydroxylation is 1. The van der Waals surface area contributed by atoms with Crippen molar-refractivity contribution in [2.75, 3.05) is 0 Å². The maximum Gasteiger partial charge on any atom is 0.123 e. The predicted molar refractivity (Wildman–Crippen MR) is 44.7 cm³/mol. The van der Waals surface area contributed by atoms with E-state index in [4.69, 9.17) is 0 Å². The molecule has 0 amide bonds. The Bertz CT molecular complexity index is 295. The largest absolute Gasteiger partial charge is 0.390 e. The van der Waals surface area contributed by atoms with Crippen molar-refractivity contribution in [2.45, 2.75) is 25.0 Å². The van der Waals surface area contributed by atoms with Crippen LogP contribution in [-0.4, -0.2) is 31.3 Å². The molecule has 5 heteroatoms. The van der Waals surface area contributed by atoms with Crippen LogP contribution in [0.4, 0.5) is 0 Å². The van der Waals surface area contributed by atoms with Crippen molar-refractivity contribution in [3.8, 4) is 0 Å². The molecule has 1 heterocycles. The highest BCUT2D eigenvalue weighted by molar-refractivity contribution is 5.03. The zero-order valence-electron chi connectivity index (χ0n) is 7.46. The summed E-state index contributed by atoms with van der Waals surface area (Å²) in [7, 11) is 1.70. The van der Waals surface area contributed by atoms with E-state index in [9.17, 15) is 10.2 Å². The van der Waals surface area contributed by atoms with Crippen LogP contribution in [0.3, 0.4) is 0 Å². The van der Waals surface area contributed by atoms with E-state index in [-0.39, 0.29) is 5.92 Å². The highest BCUT2D eigenvalue weighted by Crippen LogP contribution is 2.37. The Hall–Kier alpha value is -0.940. The summed E-state index contributed by atoms with van der Waals surface area (Å²) in [5.74, 6) is 0.255. The number of aliphatic hydroxyl groups is 2. The fraction of sp³-hybridized carbons (Fsp3) is 0.750. The zero-order chi connectivity index (χ0) is 9.42. The molecule has 1 aromatic heterocycles. The number of hydrogen-bond acceptors (Lipinski definition) is 4. The van der Waals surface area contributed by atoms with Gasteiger partial charge in [-0.15, -0.1) is 5.10 Å². The van der Waals surface area contributed by atoms with E-state index in [1.807, 2.05) is 0 Å². The Kier molecular flexibility index (Phi) is 2.05. The number of aromatic nitrogens is 3. The van der Waals surface area contributed by atoms with Gasteiger partial charge in [-0.2, -0.15) is 0 Å². The summed E-state index contributed by atoms with van der Waals surface area (Å²) in [4.78, 5) is 0. The first-order valence-corrected chi connectivity index (χ1v) is 4.41. The Morgan fingerprint density at radius 1 is 1.54 bits per heavy atom. The topological polar surface area (TPSA) is 71.2 Å². The van der Waals surface area contributed by atoms with Crippen LogP contribution in [0.2, 0.25) is 0 Å². The van der Waals surface area contributed by atoms with E-state index in [0.29, 0.717) is 5.69 Å². The average molecular weight is 183 g/mol.